The molecular formula is C17H17FN2O6S. The van der Waals surface area contributed by atoms with Gasteiger partial charge in [-0.1, -0.05) is 18.2 Å². The fourth-order valence-corrected chi connectivity index (χ4v) is 3.71. The van der Waals surface area contributed by atoms with Crippen LogP contribution in [0.3, 0.4) is 0 Å². The van der Waals surface area contributed by atoms with E-state index in [-0.39, 0.29) is 5.69 Å². The number of rotatable bonds is 7. The molecule has 27 heavy (non-hydrogen) atoms. The van der Waals surface area contributed by atoms with Crippen molar-refractivity contribution in [3.8, 4) is 0 Å². The zero-order valence-corrected chi connectivity index (χ0v) is 15.3. The van der Waals surface area contributed by atoms with Crippen LogP contribution in [0.1, 0.15) is 13.8 Å². The number of non-ortho nitro benzene ring substituents is 1. The maximum atomic E-state index is 14.2. The summed E-state index contributed by atoms with van der Waals surface area (Å²) in [5.41, 5.74) is -0.820. The standard InChI is InChI=1S/C17H17FN2O6S/c1-12(2)26-17(21)11-19(16-9-4-3-8-15(16)18)27(24,25)14-7-5-6-13(10-14)20(22)23/h3-10,12H,11H2,1-2H3. The summed E-state index contributed by atoms with van der Waals surface area (Å²) in [6, 6.07) is 9.29. The van der Waals surface area contributed by atoms with Crippen molar-refractivity contribution in [1.82, 2.24) is 0 Å². The monoisotopic (exact) mass is 396 g/mol. The quantitative estimate of drug-likeness (QED) is 0.405. The number of nitro benzene ring substituents is 1. The molecule has 2 aromatic carbocycles. The average Bonchev–Trinajstić information content (AvgIpc) is 2.60. The lowest BCUT2D eigenvalue weighted by Crippen LogP contribution is -2.37. The Kier molecular flexibility index (Phi) is 6.11. The molecule has 8 nitrogen and oxygen atoms in total. The zero-order chi connectivity index (χ0) is 20.2. The fraction of sp³-hybridized carbons (Fsp3) is 0.235. The van der Waals surface area contributed by atoms with Crippen LogP contribution in [-0.2, 0) is 19.6 Å². The molecule has 0 aliphatic heterocycles. The van der Waals surface area contributed by atoms with Crippen molar-refractivity contribution >= 4 is 27.4 Å². The van der Waals surface area contributed by atoms with Gasteiger partial charge in [0.05, 0.1) is 21.6 Å². The van der Waals surface area contributed by atoms with E-state index in [4.69, 9.17) is 4.74 Å². The molecule has 0 atom stereocenters. The van der Waals surface area contributed by atoms with Crippen molar-refractivity contribution in [3.63, 3.8) is 0 Å². The molecule has 0 aliphatic rings. The van der Waals surface area contributed by atoms with E-state index < -0.39 is 50.0 Å². The Labute approximate surface area is 155 Å². The number of carbonyl (C=O) groups is 1. The number of esters is 1. The highest BCUT2D eigenvalue weighted by atomic mass is 32.2. The molecule has 0 saturated carbocycles. The molecule has 0 N–H and O–H groups in total. The summed E-state index contributed by atoms with van der Waals surface area (Å²) < 4.78 is 45.8. The van der Waals surface area contributed by atoms with Gasteiger partial charge in [0.2, 0.25) is 0 Å². The summed E-state index contributed by atoms with van der Waals surface area (Å²) in [6.07, 6.45) is -0.500. The molecule has 0 radical (unpaired) electrons. The van der Waals surface area contributed by atoms with E-state index in [9.17, 15) is 27.7 Å². The van der Waals surface area contributed by atoms with Gasteiger partial charge in [-0.2, -0.15) is 0 Å². The number of anilines is 1. The lowest BCUT2D eigenvalue weighted by Gasteiger charge is -2.24. The Morgan fingerprint density at radius 1 is 1.22 bits per heavy atom. The third-order valence-corrected chi connectivity index (χ3v) is 5.13. The van der Waals surface area contributed by atoms with Crippen molar-refractivity contribution in [2.75, 3.05) is 10.8 Å². The summed E-state index contributed by atoms with van der Waals surface area (Å²) in [5.74, 6) is -1.76. The summed E-state index contributed by atoms with van der Waals surface area (Å²) in [6.45, 7) is 2.38. The topological polar surface area (TPSA) is 107 Å². The third-order valence-electron chi connectivity index (χ3n) is 3.38. The minimum Gasteiger partial charge on any atom is -0.462 e. The van der Waals surface area contributed by atoms with E-state index in [0.717, 1.165) is 24.3 Å². The Morgan fingerprint density at radius 2 is 1.89 bits per heavy atom. The number of ether oxygens (including phenoxy) is 1. The largest absolute Gasteiger partial charge is 0.462 e. The second-order valence-electron chi connectivity index (χ2n) is 5.76. The predicted octanol–water partition coefficient (Wildman–Crippen LogP) is 2.88. The molecule has 0 spiro atoms. The summed E-state index contributed by atoms with van der Waals surface area (Å²) in [7, 11) is -4.48. The van der Waals surface area contributed by atoms with Crippen LogP contribution in [0.5, 0.6) is 0 Å². The smallest absolute Gasteiger partial charge is 0.327 e. The van der Waals surface area contributed by atoms with E-state index in [1.165, 1.54) is 24.3 Å². The number of halogens is 1. The van der Waals surface area contributed by atoms with E-state index in [2.05, 4.69) is 0 Å². The van der Waals surface area contributed by atoms with Gasteiger partial charge in [-0.3, -0.25) is 19.2 Å². The molecule has 0 saturated heterocycles. The molecule has 2 rings (SSSR count). The second-order valence-corrected chi connectivity index (χ2v) is 7.62. The van der Waals surface area contributed by atoms with Crippen molar-refractivity contribution in [3.05, 3.63) is 64.5 Å². The lowest BCUT2D eigenvalue weighted by molar-refractivity contribution is -0.385. The van der Waals surface area contributed by atoms with Gasteiger partial charge in [-0.15, -0.1) is 0 Å². The maximum Gasteiger partial charge on any atom is 0.327 e. The first-order chi connectivity index (χ1) is 12.6. The first-order valence-electron chi connectivity index (χ1n) is 7.84. The second kappa shape index (κ2) is 8.12. The molecule has 10 heteroatoms. The predicted molar refractivity (Wildman–Crippen MR) is 95.3 cm³/mol. The first-order valence-corrected chi connectivity index (χ1v) is 9.28. The number of hydrogen-bond acceptors (Lipinski definition) is 6. The molecular weight excluding hydrogens is 379 g/mol. The molecule has 144 valence electrons. The molecule has 0 aromatic heterocycles. The molecule has 0 heterocycles. The Morgan fingerprint density at radius 3 is 2.48 bits per heavy atom. The molecule has 0 unspecified atom stereocenters. The van der Waals surface area contributed by atoms with Gasteiger partial charge in [0.15, 0.2) is 0 Å². The third kappa shape index (κ3) is 4.79. The molecule has 2 aromatic rings. The van der Waals surface area contributed by atoms with Crippen LogP contribution in [0.15, 0.2) is 53.4 Å². The molecule has 0 fully saturated rings. The van der Waals surface area contributed by atoms with Gasteiger partial charge in [-0.05, 0) is 32.0 Å². The minimum absolute atomic E-state index is 0.371. The van der Waals surface area contributed by atoms with E-state index in [0.29, 0.717) is 4.31 Å². The number of nitrogens with zero attached hydrogens (tertiary/aromatic N) is 2. The van der Waals surface area contributed by atoms with Crippen molar-refractivity contribution in [2.45, 2.75) is 24.8 Å². The SMILES string of the molecule is CC(C)OC(=O)CN(c1ccccc1F)S(=O)(=O)c1cccc([N+](=O)[O-])c1. The fourth-order valence-electron chi connectivity index (χ4n) is 2.26. The van der Waals surface area contributed by atoms with Gasteiger partial charge < -0.3 is 4.74 Å². The van der Waals surface area contributed by atoms with Gasteiger partial charge in [0.1, 0.15) is 12.4 Å². The highest BCUT2D eigenvalue weighted by Crippen LogP contribution is 2.28. The summed E-state index contributed by atoms with van der Waals surface area (Å²) in [5, 5.41) is 10.9. The van der Waals surface area contributed by atoms with Crippen molar-refractivity contribution in [1.29, 1.82) is 0 Å². The van der Waals surface area contributed by atoms with Crippen molar-refractivity contribution in [2.24, 2.45) is 0 Å². The van der Waals surface area contributed by atoms with E-state index in [1.54, 1.807) is 13.8 Å². The van der Waals surface area contributed by atoms with Crippen LogP contribution in [0.25, 0.3) is 0 Å². The summed E-state index contributed by atoms with van der Waals surface area (Å²) in [4.78, 5) is 21.8. The maximum absolute atomic E-state index is 14.2. The van der Waals surface area contributed by atoms with Crippen molar-refractivity contribution < 1.29 is 27.3 Å². The number of sulfonamides is 1. The number of para-hydroxylation sites is 1. The Balaban J connectivity index is 2.55. The van der Waals surface area contributed by atoms with Crippen LogP contribution in [0.4, 0.5) is 15.8 Å². The van der Waals surface area contributed by atoms with Gasteiger partial charge in [-0.25, -0.2) is 12.8 Å². The van der Waals surface area contributed by atoms with E-state index >= 15 is 0 Å². The van der Waals surface area contributed by atoms with Gasteiger partial charge in [0.25, 0.3) is 15.7 Å². The Bertz CT molecular complexity index is 961. The number of benzene rings is 2. The molecule has 0 aliphatic carbocycles. The number of nitro groups is 1. The van der Waals surface area contributed by atoms with Crippen LogP contribution in [0, 0.1) is 15.9 Å². The summed E-state index contributed by atoms with van der Waals surface area (Å²) >= 11 is 0. The molecule has 0 amide bonds. The first kappa shape index (κ1) is 20.3. The molecule has 0 bridgehead atoms. The van der Waals surface area contributed by atoms with Gasteiger partial charge in [0, 0.05) is 12.1 Å². The van der Waals surface area contributed by atoms with Crippen LogP contribution < -0.4 is 4.31 Å². The number of hydrogen-bond donors (Lipinski definition) is 0. The van der Waals surface area contributed by atoms with Gasteiger partial charge >= 0.3 is 5.97 Å². The van der Waals surface area contributed by atoms with E-state index in [1.807, 2.05) is 0 Å². The number of carbonyl (C=O) groups excluding carboxylic acids is 1. The minimum atomic E-state index is -4.48. The highest BCUT2D eigenvalue weighted by molar-refractivity contribution is 7.92. The van der Waals surface area contributed by atoms with Crippen LogP contribution >= 0.6 is 0 Å². The zero-order valence-electron chi connectivity index (χ0n) is 14.5. The normalized spacial score (nSPS) is 11.3. The lowest BCUT2D eigenvalue weighted by atomic mass is 10.3. The highest BCUT2D eigenvalue weighted by Gasteiger charge is 2.31. The Hall–Kier alpha value is -3.01. The van der Waals surface area contributed by atoms with Crippen LogP contribution in [0.2, 0.25) is 0 Å². The average molecular weight is 396 g/mol. The van der Waals surface area contributed by atoms with Crippen LogP contribution in [-0.4, -0.2) is 32.0 Å².